The first-order chi connectivity index (χ1) is 30.8. The molecule has 0 fully saturated rings. The Hall–Kier alpha value is -5.80. The molecular weight excluding hydrogens is 796 g/mol. The summed E-state index contributed by atoms with van der Waals surface area (Å²) in [5.41, 5.74) is 19.8. The highest BCUT2D eigenvalue weighted by Gasteiger charge is 2.45. The average Bonchev–Trinajstić information content (AvgIpc) is 3.56. The Morgan fingerprint density at radius 2 is 1.00 bits per heavy atom. The van der Waals surface area contributed by atoms with Gasteiger partial charge in [0.25, 0.3) is 0 Å². The molecular formula is C63H67BN2. The fourth-order valence-electron chi connectivity index (χ4n) is 11.7. The lowest BCUT2D eigenvalue weighted by molar-refractivity contribution is 0.568. The van der Waals surface area contributed by atoms with Crippen molar-refractivity contribution in [3.05, 3.63) is 149 Å². The molecule has 1 aromatic heterocycles. The molecule has 0 N–H and O–H groups in total. The van der Waals surface area contributed by atoms with Crippen LogP contribution in [0.2, 0.25) is 0 Å². The van der Waals surface area contributed by atoms with Gasteiger partial charge in [0, 0.05) is 44.4 Å². The molecule has 0 aliphatic carbocycles. The molecule has 8 aromatic carbocycles. The van der Waals surface area contributed by atoms with Crippen LogP contribution in [0.4, 0.5) is 17.1 Å². The zero-order valence-electron chi connectivity index (χ0n) is 42.4. The standard InChI is InChI=1S/C63H67BN2/c1-36-43-22-19-20-24-45(43)56(63(14,15)16)48-35-53-51(34-46(36)48)64-57-54(65(53)42-29-39(60(5,6)7)28-40(30-42)61(8,9)10)27-37-21-17-18-23-44(37)55(57)50-33-41(62(11,12)13)32-49-47-31-38(59(2,3)4)25-26-52(47)66(64)58(49)50/h17-35H,1-16H3. The summed E-state index contributed by atoms with van der Waals surface area (Å²) in [7, 11) is 0. The van der Waals surface area contributed by atoms with Gasteiger partial charge in [-0.2, -0.15) is 0 Å². The predicted octanol–water partition coefficient (Wildman–Crippen LogP) is 16.5. The van der Waals surface area contributed by atoms with E-state index in [0.717, 1.165) is 0 Å². The van der Waals surface area contributed by atoms with Crippen molar-refractivity contribution < 1.29 is 0 Å². The number of rotatable bonds is 1. The van der Waals surface area contributed by atoms with Crippen molar-refractivity contribution in [3.63, 3.8) is 0 Å². The van der Waals surface area contributed by atoms with Gasteiger partial charge in [0.2, 0.25) is 0 Å². The molecule has 2 aliphatic rings. The van der Waals surface area contributed by atoms with Crippen molar-refractivity contribution >= 4 is 89.0 Å². The topological polar surface area (TPSA) is 8.17 Å². The third-order valence-corrected chi connectivity index (χ3v) is 15.4. The summed E-state index contributed by atoms with van der Waals surface area (Å²) in [6.07, 6.45) is 0. The SMILES string of the molecule is Cc1c2ccccc2c(C(C)(C)C)c2cc3c(cc12)B1c2c(cc4ccccc4c2-c2cc(C(C)(C)C)cc4c5cc(C(C)(C)C)ccc5n1c24)N3c1cc(C(C)(C)C)cc(C(C)(C)C)c1. The van der Waals surface area contributed by atoms with Crippen molar-refractivity contribution in [1.29, 1.82) is 0 Å². The van der Waals surface area contributed by atoms with E-state index >= 15 is 0 Å². The second-order valence-corrected chi connectivity index (χ2v) is 25.2. The maximum absolute atomic E-state index is 2.77. The number of hydrogen-bond donors (Lipinski definition) is 0. The molecule has 3 heterocycles. The second-order valence-electron chi connectivity index (χ2n) is 25.2. The lowest BCUT2D eigenvalue weighted by Crippen LogP contribution is -2.56. The normalized spacial score (nSPS) is 14.3. The Balaban J connectivity index is 1.40. The van der Waals surface area contributed by atoms with Crippen LogP contribution in [0.5, 0.6) is 0 Å². The molecule has 3 heteroatoms. The summed E-state index contributed by atoms with van der Waals surface area (Å²) >= 11 is 0. The van der Waals surface area contributed by atoms with Crippen molar-refractivity contribution in [1.82, 2.24) is 4.48 Å². The molecule has 0 spiro atoms. The zero-order valence-corrected chi connectivity index (χ0v) is 42.4. The van der Waals surface area contributed by atoms with E-state index in [9.17, 15) is 0 Å². The summed E-state index contributed by atoms with van der Waals surface area (Å²) < 4.78 is 2.77. The van der Waals surface area contributed by atoms with Crippen molar-refractivity contribution in [3.8, 4) is 11.1 Å². The zero-order chi connectivity index (χ0) is 46.9. The average molecular weight is 863 g/mol. The third-order valence-electron chi connectivity index (χ3n) is 15.4. The van der Waals surface area contributed by atoms with E-state index in [-0.39, 0.29) is 33.9 Å². The molecule has 0 unspecified atom stereocenters. The quantitative estimate of drug-likeness (QED) is 0.118. The fraction of sp³-hybridized carbons (Fsp3) is 0.333. The van der Waals surface area contributed by atoms with Crippen molar-refractivity contribution in [2.75, 3.05) is 4.90 Å². The number of aryl methyl sites for hydroxylation is 1. The molecule has 0 saturated heterocycles. The predicted molar refractivity (Wildman–Crippen MR) is 291 cm³/mol. The van der Waals surface area contributed by atoms with Gasteiger partial charge in [-0.3, -0.25) is 0 Å². The number of hydrogen-bond acceptors (Lipinski definition) is 1. The minimum absolute atomic E-state index is 0.00894. The van der Waals surface area contributed by atoms with Gasteiger partial charge in [-0.1, -0.05) is 171 Å². The number of aromatic nitrogens is 1. The molecule has 9 aromatic rings. The fourth-order valence-corrected chi connectivity index (χ4v) is 11.7. The first kappa shape index (κ1) is 42.8. The van der Waals surface area contributed by atoms with Crippen LogP contribution in [0, 0.1) is 6.92 Å². The Bertz CT molecular complexity index is 3530. The van der Waals surface area contributed by atoms with Gasteiger partial charge in [0.1, 0.15) is 0 Å². The van der Waals surface area contributed by atoms with Crippen LogP contribution < -0.4 is 15.8 Å². The van der Waals surface area contributed by atoms with Crippen LogP contribution in [-0.4, -0.2) is 11.3 Å². The molecule has 0 radical (unpaired) electrons. The third kappa shape index (κ3) is 6.20. The van der Waals surface area contributed by atoms with E-state index in [1.165, 1.54) is 127 Å². The van der Waals surface area contributed by atoms with E-state index in [4.69, 9.17) is 0 Å². The maximum atomic E-state index is 2.77. The molecule has 66 heavy (non-hydrogen) atoms. The molecule has 0 bridgehead atoms. The van der Waals surface area contributed by atoms with E-state index in [0.29, 0.717) is 0 Å². The minimum Gasteiger partial charge on any atom is -0.375 e. The molecule has 2 aliphatic heterocycles. The van der Waals surface area contributed by atoms with Gasteiger partial charge >= 0.3 is 6.85 Å². The highest BCUT2D eigenvalue weighted by Crippen LogP contribution is 2.51. The number of nitrogens with zero attached hydrogens (tertiary/aromatic N) is 2. The summed E-state index contributed by atoms with van der Waals surface area (Å²) in [5, 5.41) is 10.7. The largest absolute Gasteiger partial charge is 0.375 e. The van der Waals surface area contributed by atoms with E-state index in [1.807, 2.05) is 0 Å². The maximum Gasteiger partial charge on any atom is 0.333 e. The first-order valence-corrected chi connectivity index (χ1v) is 24.5. The molecule has 2 nitrogen and oxygen atoms in total. The van der Waals surface area contributed by atoms with Crippen LogP contribution in [0.3, 0.4) is 0 Å². The summed E-state index contributed by atoms with van der Waals surface area (Å²) in [5.74, 6) is 0. The lowest BCUT2D eigenvalue weighted by atomic mass is 9.44. The highest BCUT2D eigenvalue weighted by atomic mass is 15.2. The van der Waals surface area contributed by atoms with Gasteiger partial charge in [0.05, 0.1) is 0 Å². The van der Waals surface area contributed by atoms with Crippen LogP contribution in [-0.2, 0) is 27.1 Å². The number of benzene rings is 8. The van der Waals surface area contributed by atoms with Gasteiger partial charge in [-0.25, -0.2) is 0 Å². The Kier molecular flexibility index (Phi) is 8.86. The summed E-state index contributed by atoms with van der Waals surface area (Å²) in [4.78, 5) is 2.69. The summed E-state index contributed by atoms with van der Waals surface area (Å²) in [6.45, 7) is 37.9. The first-order valence-electron chi connectivity index (χ1n) is 24.5. The highest BCUT2D eigenvalue weighted by molar-refractivity contribution is 6.90. The smallest absolute Gasteiger partial charge is 0.333 e. The monoisotopic (exact) mass is 863 g/mol. The number of anilines is 3. The van der Waals surface area contributed by atoms with Crippen LogP contribution in [0.1, 0.15) is 137 Å². The molecule has 332 valence electrons. The lowest BCUT2D eigenvalue weighted by Gasteiger charge is -2.42. The Labute approximate surface area is 394 Å². The van der Waals surface area contributed by atoms with Gasteiger partial charge in [-0.15, -0.1) is 0 Å². The van der Waals surface area contributed by atoms with Crippen LogP contribution in [0.15, 0.2) is 115 Å². The van der Waals surface area contributed by atoms with E-state index < -0.39 is 0 Å². The van der Waals surface area contributed by atoms with E-state index in [1.54, 1.807) is 0 Å². The van der Waals surface area contributed by atoms with Crippen LogP contribution >= 0.6 is 0 Å². The summed E-state index contributed by atoms with van der Waals surface area (Å²) in [6, 6.07) is 46.1. The van der Waals surface area contributed by atoms with E-state index in [2.05, 4.69) is 235 Å². The van der Waals surface area contributed by atoms with Crippen molar-refractivity contribution in [2.24, 2.45) is 0 Å². The molecule has 11 rings (SSSR count). The van der Waals surface area contributed by atoms with Gasteiger partial charge in [0.15, 0.2) is 0 Å². The Morgan fingerprint density at radius 1 is 0.424 bits per heavy atom. The Morgan fingerprint density at radius 3 is 1.62 bits per heavy atom. The number of fused-ring (bicyclic) bond motifs is 11. The second kappa shape index (κ2) is 13.7. The van der Waals surface area contributed by atoms with Crippen molar-refractivity contribution in [2.45, 2.75) is 138 Å². The van der Waals surface area contributed by atoms with Crippen LogP contribution in [0.25, 0.3) is 65.3 Å². The van der Waals surface area contributed by atoms with Gasteiger partial charge < -0.3 is 9.38 Å². The molecule has 0 saturated carbocycles. The molecule has 0 atom stereocenters. The van der Waals surface area contributed by atoms with Gasteiger partial charge in [-0.05, 0) is 165 Å². The minimum atomic E-state index is -0.103. The molecule has 0 amide bonds.